The molecule has 0 radical (unpaired) electrons. The van der Waals surface area contributed by atoms with Gasteiger partial charge in [-0.2, -0.15) is 5.10 Å². The van der Waals surface area contributed by atoms with E-state index in [1.165, 1.54) is 5.56 Å². The highest BCUT2D eigenvalue weighted by molar-refractivity contribution is 5.21. The van der Waals surface area contributed by atoms with E-state index in [1.807, 2.05) is 18.8 Å². The van der Waals surface area contributed by atoms with Crippen LogP contribution in [0.15, 0.2) is 6.20 Å². The number of aromatic nitrogens is 2. The molecule has 0 aromatic carbocycles. The maximum Gasteiger partial charge on any atom is 0.0641 e. The van der Waals surface area contributed by atoms with E-state index in [1.54, 1.807) is 0 Å². The normalized spacial score (nSPS) is 23.3. The lowest BCUT2D eigenvalue weighted by atomic mass is 9.93. The van der Waals surface area contributed by atoms with E-state index in [0.717, 1.165) is 25.3 Å². The third-order valence-corrected chi connectivity index (χ3v) is 3.13. The number of hydrogen-bond acceptors (Lipinski definition) is 3. The molecule has 4 nitrogen and oxygen atoms in total. The first-order valence-electron chi connectivity index (χ1n) is 5.47. The lowest BCUT2D eigenvalue weighted by Gasteiger charge is -2.21. The van der Waals surface area contributed by atoms with Gasteiger partial charge in [-0.3, -0.25) is 4.68 Å². The molecular formula is C11H19N3O. The fourth-order valence-electron chi connectivity index (χ4n) is 2.38. The molecule has 2 atom stereocenters. The highest BCUT2D eigenvalue weighted by Gasteiger charge is 2.27. The van der Waals surface area contributed by atoms with Crippen LogP contribution in [-0.4, -0.2) is 30.0 Å². The van der Waals surface area contributed by atoms with Crippen molar-refractivity contribution in [3.8, 4) is 0 Å². The van der Waals surface area contributed by atoms with Crippen LogP contribution in [0.3, 0.4) is 0 Å². The molecule has 0 bridgehead atoms. The molecule has 1 aromatic rings. The lowest BCUT2D eigenvalue weighted by molar-refractivity contribution is 0.177. The van der Waals surface area contributed by atoms with E-state index in [4.69, 9.17) is 4.74 Å². The second kappa shape index (κ2) is 4.33. The van der Waals surface area contributed by atoms with Crippen molar-refractivity contribution in [2.24, 2.45) is 13.0 Å². The molecule has 1 N–H and O–H groups in total. The summed E-state index contributed by atoms with van der Waals surface area (Å²) in [6.45, 7) is 3.82. The summed E-state index contributed by atoms with van der Waals surface area (Å²) in [5, 5.41) is 7.77. The summed E-state index contributed by atoms with van der Waals surface area (Å²) >= 11 is 0. The fourth-order valence-corrected chi connectivity index (χ4v) is 2.38. The van der Waals surface area contributed by atoms with Crippen molar-refractivity contribution in [1.29, 1.82) is 0 Å². The Bertz CT molecular complexity index is 329. The molecule has 1 aliphatic rings. The van der Waals surface area contributed by atoms with Crippen LogP contribution in [0.2, 0.25) is 0 Å². The van der Waals surface area contributed by atoms with Gasteiger partial charge in [-0.1, -0.05) is 0 Å². The molecule has 2 heterocycles. The molecular weight excluding hydrogens is 190 g/mol. The molecule has 15 heavy (non-hydrogen) atoms. The molecule has 2 unspecified atom stereocenters. The molecule has 1 aliphatic heterocycles. The van der Waals surface area contributed by atoms with Gasteiger partial charge in [0.15, 0.2) is 0 Å². The summed E-state index contributed by atoms with van der Waals surface area (Å²) in [5.41, 5.74) is 2.42. The third-order valence-electron chi connectivity index (χ3n) is 3.13. The first-order chi connectivity index (χ1) is 7.22. The van der Waals surface area contributed by atoms with Crippen LogP contribution in [0.4, 0.5) is 0 Å². The lowest BCUT2D eigenvalue weighted by Crippen LogP contribution is -2.25. The molecule has 1 saturated heterocycles. The quantitative estimate of drug-likeness (QED) is 0.808. The maximum atomic E-state index is 5.44. The second-order valence-electron chi connectivity index (χ2n) is 4.23. The van der Waals surface area contributed by atoms with E-state index >= 15 is 0 Å². The van der Waals surface area contributed by atoms with Gasteiger partial charge in [0.2, 0.25) is 0 Å². The standard InChI is InChI=1S/C11H19N3O/c1-8-10(6-14(3)13-8)11(12-2)9-4-5-15-7-9/h6,9,11-12H,4-5,7H2,1-3H3. The van der Waals surface area contributed by atoms with Crippen molar-refractivity contribution in [2.45, 2.75) is 19.4 Å². The number of aryl methyl sites for hydroxylation is 2. The first-order valence-corrected chi connectivity index (χ1v) is 5.47. The van der Waals surface area contributed by atoms with Gasteiger partial charge < -0.3 is 10.1 Å². The smallest absolute Gasteiger partial charge is 0.0641 e. The largest absolute Gasteiger partial charge is 0.381 e. The Morgan fingerprint density at radius 1 is 1.67 bits per heavy atom. The highest BCUT2D eigenvalue weighted by Crippen LogP contribution is 2.29. The van der Waals surface area contributed by atoms with Crippen molar-refractivity contribution in [2.75, 3.05) is 20.3 Å². The molecule has 4 heteroatoms. The molecule has 0 aliphatic carbocycles. The Hall–Kier alpha value is -0.870. The Kier molecular flexibility index (Phi) is 3.07. The van der Waals surface area contributed by atoms with Crippen LogP contribution in [0.1, 0.15) is 23.7 Å². The third kappa shape index (κ3) is 2.06. The molecule has 1 fully saturated rings. The summed E-state index contributed by atoms with van der Waals surface area (Å²) in [4.78, 5) is 0. The molecule has 1 aromatic heterocycles. The van der Waals surface area contributed by atoms with Crippen molar-refractivity contribution >= 4 is 0 Å². The summed E-state index contributed by atoms with van der Waals surface area (Å²) in [7, 11) is 3.98. The van der Waals surface area contributed by atoms with Crippen LogP contribution in [0.25, 0.3) is 0 Å². The van der Waals surface area contributed by atoms with Crippen molar-refractivity contribution < 1.29 is 4.74 Å². The summed E-state index contributed by atoms with van der Waals surface area (Å²) in [6.07, 6.45) is 3.24. The number of nitrogens with one attached hydrogen (secondary N) is 1. The molecule has 0 saturated carbocycles. The molecule has 0 spiro atoms. The van der Waals surface area contributed by atoms with Crippen LogP contribution in [0.5, 0.6) is 0 Å². The second-order valence-corrected chi connectivity index (χ2v) is 4.23. The Labute approximate surface area is 90.6 Å². The minimum atomic E-state index is 0.376. The van der Waals surface area contributed by atoms with Gasteiger partial charge >= 0.3 is 0 Å². The molecule has 84 valence electrons. The van der Waals surface area contributed by atoms with Crippen LogP contribution in [0, 0.1) is 12.8 Å². The Morgan fingerprint density at radius 3 is 2.93 bits per heavy atom. The predicted molar refractivity (Wildman–Crippen MR) is 58.7 cm³/mol. The van der Waals surface area contributed by atoms with Gasteiger partial charge in [-0.05, 0) is 20.4 Å². The van der Waals surface area contributed by atoms with Gasteiger partial charge in [0.25, 0.3) is 0 Å². The zero-order valence-corrected chi connectivity index (χ0v) is 9.66. The highest BCUT2D eigenvalue weighted by atomic mass is 16.5. The number of hydrogen-bond donors (Lipinski definition) is 1. The van der Waals surface area contributed by atoms with Crippen LogP contribution >= 0.6 is 0 Å². The average Bonchev–Trinajstić information content (AvgIpc) is 2.79. The van der Waals surface area contributed by atoms with Gasteiger partial charge in [0.05, 0.1) is 12.3 Å². The van der Waals surface area contributed by atoms with Crippen LogP contribution < -0.4 is 5.32 Å². The van der Waals surface area contributed by atoms with Gasteiger partial charge in [-0.25, -0.2) is 0 Å². The van der Waals surface area contributed by atoms with Crippen molar-refractivity contribution in [1.82, 2.24) is 15.1 Å². The summed E-state index contributed by atoms with van der Waals surface area (Å²) < 4.78 is 7.32. The monoisotopic (exact) mass is 209 g/mol. The topological polar surface area (TPSA) is 39.1 Å². The Morgan fingerprint density at radius 2 is 2.47 bits per heavy atom. The van der Waals surface area contributed by atoms with Gasteiger partial charge in [0, 0.05) is 37.4 Å². The predicted octanol–water partition coefficient (Wildman–Crippen LogP) is 1.03. The minimum absolute atomic E-state index is 0.376. The number of ether oxygens (including phenoxy) is 1. The molecule has 0 amide bonds. The van der Waals surface area contributed by atoms with E-state index in [9.17, 15) is 0 Å². The van der Waals surface area contributed by atoms with Crippen molar-refractivity contribution in [3.05, 3.63) is 17.5 Å². The fraction of sp³-hybridized carbons (Fsp3) is 0.727. The summed E-state index contributed by atoms with van der Waals surface area (Å²) in [5.74, 6) is 0.581. The van der Waals surface area contributed by atoms with Crippen molar-refractivity contribution in [3.63, 3.8) is 0 Å². The van der Waals surface area contributed by atoms with Crippen LogP contribution in [-0.2, 0) is 11.8 Å². The van der Waals surface area contributed by atoms with E-state index in [2.05, 4.69) is 23.5 Å². The minimum Gasteiger partial charge on any atom is -0.381 e. The SMILES string of the molecule is CNC(c1cn(C)nc1C)C1CCOC1. The summed E-state index contributed by atoms with van der Waals surface area (Å²) in [6, 6.07) is 0.376. The van der Waals surface area contributed by atoms with E-state index in [-0.39, 0.29) is 0 Å². The first kappa shape index (κ1) is 10.6. The van der Waals surface area contributed by atoms with Gasteiger partial charge in [-0.15, -0.1) is 0 Å². The maximum absolute atomic E-state index is 5.44. The number of nitrogens with zero attached hydrogens (tertiary/aromatic N) is 2. The zero-order valence-electron chi connectivity index (χ0n) is 9.66. The van der Waals surface area contributed by atoms with E-state index < -0.39 is 0 Å². The average molecular weight is 209 g/mol. The van der Waals surface area contributed by atoms with Gasteiger partial charge in [0.1, 0.15) is 0 Å². The Balaban J connectivity index is 2.21. The molecule has 2 rings (SSSR count). The van der Waals surface area contributed by atoms with E-state index in [0.29, 0.717) is 12.0 Å². The zero-order chi connectivity index (χ0) is 10.8. The number of rotatable bonds is 3.